The summed E-state index contributed by atoms with van der Waals surface area (Å²) >= 11 is 5.79. The summed E-state index contributed by atoms with van der Waals surface area (Å²) in [4.78, 5) is 7.92. The Kier molecular flexibility index (Phi) is 4.06. The van der Waals surface area contributed by atoms with Gasteiger partial charge in [-0.15, -0.1) is 0 Å². The predicted molar refractivity (Wildman–Crippen MR) is 73.9 cm³/mol. The van der Waals surface area contributed by atoms with Gasteiger partial charge in [-0.2, -0.15) is 4.98 Å². The zero-order valence-electron chi connectivity index (χ0n) is 10.7. The number of rotatable bonds is 4. The number of nitrogen functional groups attached to an aromatic ring is 1. The van der Waals surface area contributed by atoms with Gasteiger partial charge >= 0.3 is 0 Å². The third-order valence-corrected chi connectivity index (χ3v) is 2.57. The number of aromatic nitrogens is 2. The molecule has 2 aromatic rings. The number of benzene rings is 1. The van der Waals surface area contributed by atoms with Gasteiger partial charge in [0.25, 0.3) is 0 Å². The van der Waals surface area contributed by atoms with Crippen molar-refractivity contribution < 1.29 is 9.47 Å². The van der Waals surface area contributed by atoms with Crippen molar-refractivity contribution in [3.05, 3.63) is 35.2 Å². The number of anilines is 1. The molecule has 0 aliphatic rings. The molecule has 0 amide bonds. The molecule has 5 nitrogen and oxygen atoms in total. The fourth-order valence-electron chi connectivity index (χ4n) is 1.51. The van der Waals surface area contributed by atoms with E-state index < -0.39 is 0 Å². The van der Waals surface area contributed by atoms with E-state index in [4.69, 9.17) is 26.8 Å². The van der Waals surface area contributed by atoms with Crippen LogP contribution in [-0.2, 0) is 0 Å². The normalized spacial score (nSPS) is 10.3. The van der Waals surface area contributed by atoms with E-state index in [2.05, 4.69) is 9.97 Å². The molecule has 0 aliphatic heterocycles. The first-order valence-corrected chi connectivity index (χ1v) is 6.18. The summed E-state index contributed by atoms with van der Waals surface area (Å²) in [6.07, 6.45) is 0. The fraction of sp³-hybridized carbons (Fsp3) is 0.231. The van der Waals surface area contributed by atoms with Gasteiger partial charge < -0.3 is 15.2 Å². The Morgan fingerprint density at radius 2 is 2.00 bits per heavy atom. The van der Waals surface area contributed by atoms with E-state index in [0.29, 0.717) is 23.7 Å². The molecule has 0 aliphatic carbocycles. The van der Waals surface area contributed by atoms with E-state index in [0.717, 1.165) is 5.75 Å². The molecular weight excluding hydrogens is 266 g/mol. The van der Waals surface area contributed by atoms with Crippen LogP contribution in [0.1, 0.15) is 12.6 Å². The first kappa shape index (κ1) is 13.4. The molecule has 1 aromatic heterocycles. The molecule has 0 fully saturated rings. The maximum absolute atomic E-state index is 5.86. The van der Waals surface area contributed by atoms with Crippen molar-refractivity contribution in [2.75, 3.05) is 12.3 Å². The van der Waals surface area contributed by atoms with E-state index >= 15 is 0 Å². The molecule has 0 saturated carbocycles. The molecule has 1 aromatic carbocycles. The highest BCUT2D eigenvalue weighted by atomic mass is 35.5. The van der Waals surface area contributed by atoms with Crippen LogP contribution in [0.4, 0.5) is 5.69 Å². The van der Waals surface area contributed by atoms with Gasteiger partial charge in [-0.05, 0) is 37.6 Å². The summed E-state index contributed by atoms with van der Waals surface area (Å²) in [5.41, 5.74) is 6.80. The zero-order valence-corrected chi connectivity index (χ0v) is 11.4. The average molecular weight is 280 g/mol. The van der Waals surface area contributed by atoms with E-state index in [9.17, 15) is 0 Å². The minimum atomic E-state index is 0.0997. The lowest BCUT2D eigenvalue weighted by molar-refractivity contribution is 0.338. The van der Waals surface area contributed by atoms with Crippen LogP contribution < -0.4 is 15.2 Å². The van der Waals surface area contributed by atoms with Crippen molar-refractivity contribution in [2.45, 2.75) is 13.8 Å². The average Bonchev–Trinajstić information content (AvgIpc) is 2.36. The van der Waals surface area contributed by atoms with Crippen molar-refractivity contribution in [1.29, 1.82) is 0 Å². The van der Waals surface area contributed by atoms with Crippen LogP contribution in [0.2, 0.25) is 5.28 Å². The Morgan fingerprint density at radius 3 is 2.74 bits per heavy atom. The maximum Gasteiger partial charge on any atom is 0.247 e. The summed E-state index contributed by atoms with van der Waals surface area (Å²) in [7, 11) is 0. The van der Waals surface area contributed by atoms with Crippen LogP contribution in [-0.4, -0.2) is 16.6 Å². The molecule has 0 spiro atoms. The van der Waals surface area contributed by atoms with E-state index in [1.54, 1.807) is 19.1 Å². The Hall–Kier alpha value is -2.01. The van der Waals surface area contributed by atoms with Gasteiger partial charge in [0.05, 0.1) is 12.3 Å². The first-order chi connectivity index (χ1) is 9.10. The van der Waals surface area contributed by atoms with Crippen molar-refractivity contribution in [3.8, 4) is 17.4 Å². The topological polar surface area (TPSA) is 70.3 Å². The van der Waals surface area contributed by atoms with E-state index in [1.807, 2.05) is 19.1 Å². The van der Waals surface area contributed by atoms with Gasteiger partial charge in [0.2, 0.25) is 11.2 Å². The van der Waals surface area contributed by atoms with Gasteiger partial charge in [0, 0.05) is 6.07 Å². The van der Waals surface area contributed by atoms with Gasteiger partial charge in [-0.3, -0.25) is 0 Å². The van der Waals surface area contributed by atoms with Gasteiger partial charge in [0.1, 0.15) is 17.2 Å². The molecule has 2 N–H and O–H groups in total. The Morgan fingerprint density at radius 1 is 1.26 bits per heavy atom. The number of aryl methyl sites for hydroxylation is 1. The quantitative estimate of drug-likeness (QED) is 0.870. The van der Waals surface area contributed by atoms with Crippen LogP contribution in [0, 0.1) is 6.92 Å². The minimum absolute atomic E-state index is 0.0997. The summed E-state index contributed by atoms with van der Waals surface area (Å²) in [5.74, 6) is 1.54. The van der Waals surface area contributed by atoms with Crippen molar-refractivity contribution in [3.63, 3.8) is 0 Å². The standard InChI is InChI=1S/C13H14ClN3O2/c1-3-18-9-5-4-6-10(7-9)19-12-11(15)8(2)16-13(14)17-12/h4-7H,3,15H2,1-2H3. The molecule has 0 unspecified atom stereocenters. The van der Waals surface area contributed by atoms with Gasteiger partial charge in [-0.25, -0.2) is 4.98 Å². The molecule has 1 heterocycles. The molecule has 6 heteroatoms. The fourth-order valence-corrected chi connectivity index (χ4v) is 1.71. The van der Waals surface area contributed by atoms with Crippen LogP contribution in [0.3, 0.4) is 0 Å². The monoisotopic (exact) mass is 279 g/mol. The van der Waals surface area contributed by atoms with Crippen LogP contribution in [0.5, 0.6) is 17.4 Å². The Balaban J connectivity index is 2.28. The highest BCUT2D eigenvalue weighted by molar-refractivity contribution is 6.28. The summed E-state index contributed by atoms with van der Waals surface area (Å²) in [6, 6.07) is 7.21. The highest BCUT2D eigenvalue weighted by Crippen LogP contribution is 2.29. The van der Waals surface area contributed by atoms with Gasteiger partial charge in [0.15, 0.2) is 0 Å². The molecule has 100 valence electrons. The SMILES string of the molecule is CCOc1cccc(Oc2nc(Cl)nc(C)c2N)c1. The molecular formula is C13H14ClN3O2. The smallest absolute Gasteiger partial charge is 0.247 e. The number of hydrogen-bond acceptors (Lipinski definition) is 5. The van der Waals surface area contributed by atoms with Crippen LogP contribution in [0.25, 0.3) is 0 Å². The molecule has 0 bridgehead atoms. The lowest BCUT2D eigenvalue weighted by Crippen LogP contribution is -2.01. The zero-order chi connectivity index (χ0) is 13.8. The number of nitrogens with zero attached hydrogens (tertiary/aromatic N) is 2. The van der Waals surface area contributed by atoms with E-state index in [-0.39, 0.29) is 11.2 Å². The van der Waals surface area contributed by atoms with Crippen molar-refractivity contribution >= 4 is 17.3 Å². The maximum atomic E-state index is 5.86. The Labute approximate surface area is 116 Å². The second kappa shape index (κ2) is 5.75. The third kappa shape index (κ3) is 3.26. The minimum Gasteiger partial charge on any atom is -0.494 e. The molecule has 0 saturated heterocycles. The highest BCUT2D eigenvalue weighted by Gasteiger charge is 2.10. The molecule has 19 heavy (non-hydrogen) atoms. The Bertz CT molecular complexity index is 590. The molecule has 2 rings (SSSR count). The molecule has 0 atom stereocenters. The number of halogens is 1. The number of hydrogen-bond donors (Lipinski definition) is 1. The summed E-state index contributed by atoms with van der Waals surface area (Å²) < 4.78 is 11.0. The lowest BCUT2D eigenvalue weighted by Gasteiger charge is -2.10. The lowest BCUT2D eigenvalue weighted by atomic mass is 10.3. The molecule has 0 radical (unpaired) electrons. The first-order valence-electron chi connectivity index (χ1n) is 5.80. The second-order valence-corrected chi connectivity index (χ2v) is 4.14. The largest absolute Gasteiger partial charge is 0.494 e. The van der Waals surface area contributed by atoms with Crippen molar-refractivity contribution in [2.24, 2.45) is 0 Å². The van der Waals surface area contributed by atoms with Crippen LogP contribution >= 0.6 is 11.6 Å². The third-order valence-electron chi connectivity index (χ3n) is 2.40. The van der Waals surface area contributed by atoms with Crippen molar-refractivity contribution in [1.82, 2.24) is 9.97 Å². The van der Waals surface area contributed by atoms with E-state index in [1.165, 1.54) is 0 Å². The summed E-state index contributed by atoms with van der Waals surface area (Å²) in [5, 5.41) is 0.0997. The predicted octanol–water partition coefficient (Wildman–Crippen LogP) is 3.21. The number of nitrogens with two attached hydrogens (primary N) is 1. The van der Waals surface area contributed by atoms with Crippen LogP contribution in [0.15, 0.2) is 24.3 Å². The second-order valence-electron chi connectivity index (χ2n) is 3.81. The number of ether oxygens (including phenoxy) is 2. The summed E-state index contributed by atoms with van der Waals surface area (Å²) in [6.45, 7) is 4.25. The van der Waals surface area contributed by atoms with Gasteiger partial charge in [-0.1, -0.05) is 6.07 Å².